The molecule has 1 aromatic carbocycles. The van der Waals surface area contributed by atoms with Gasteiger partial charge in [0.15, 0.2) is 5.75 Å². The lowest BCUT2D eigenvalue weighted by molar-refractivity contribution is -0.385. The van der Waals surface area contributed by atoms with Crippen molar-refractivity contribution in [2.24, 2.45) is 16.7 Å². The van der Waals surface area contributed by atoms with Crippen molar-refractivity contribution in [1.82, 2.24) is 4.90 Å². The Morgan fingerprint density at radius 2 is 1.97 bits per heavy atom. The number of aromatic hydroxyl groups is 1. The lowest BCUT2D eigenvalue weighted by Crippen LogP contribution is -2.38. The van der Waals surface area contributed by atoms with Crippen molar-refractivity contribution in [1.29, 1.82) is 5.26 Å². The molecule has 10 nitrogen and oxygen atoms in total. The number of benzene rings is 1. The summed E-state index contributed by atoms with van der Waals surface area (Å²) in [6.45, 7) is 10.7. The van der Waals surface area contributed by atoms with Crippen LogP contribution in [0.2, 0.25) is 0 Å². The van der Waals surface area contributed by atoms with Crippen LogP contribution in [0, 0.1) is 38.2 Å². The summed E-state index contributed by atoms with van der Waals surface area (Å²) in [7, 11) is 0. The Balaban J connectivity index is 1.89. The molecule has 3 atom stereocenters. The molecule has 1 amide bonds. The standard InChI is InChI=1S/C25H31N3O7/c1-6-27(7-2)22(30)16(14-26)10-15-11-18(28(32)33)21(29)19(12-15)34-23(31)35-20-13-17-8-9-25(20,5)24(17,3)4/h10-12,17,20,29H,6-9,13H2,1-5H3. The third-order valence-corrected chi connectivity index (χ3v) is 8.13. The summed E-state index contributed by atoms with van der Waals surface area (Å²) in [6, 6.07) is 3.96. The number of hydrogen-bond acceptors (Lipinski definition) is 8. The van der Waals surface area contributed by atoms with E-state index in [0.717, 1.165) is 31.1 Å². The van der Waals surface area contributed by atoms with E-state index in [1.54, 1.807) is 19.9 Å². The normalized spacial score (nSPS) is 24.5. The number of hydrogen-bond donors (Lipinski definition) is 1. The molecule has 0 heterocycles. The van der Waals surface area contributed by atoms with Gasteiger partial charge in [-0.2, -0.15) is 5.26 Å². The molecule has 2 fully saturated rings. The van der Waals surface area contributed by atoms with Gasteiger partial charge in [0, 0.05) is 24.6 Å². The van der Waals surface area contributed by atoms with Crippen LogP contribution in [0.5, 0.6) is 11.5 Å². The van der Waals surface area contributed by atoms with Crippen LogP contribution in [0.25, 0.3) is 6.08 Å². The largest absolute Gasteiger partial charge is 0.514 e. The Hall–Kier alpha value is -3.61. The van der Waals surface area contributed by atoms with Crippen LogP contribution in [-0.4, -0.2) is 46.2 Å². The first-order valence-corrected chi connectivity index (χ1v) is 11.7. The number of nitro benzene ring substituents is 1. The van der Waals surface area contributed by atoms with E-state index >= 15 is 0 Å². The molecule has 188 valence electrons. The molecule has 1 aromatic rings. The van der Waals surface area contributed by atoms with Crippen LogP contribution in [0.1, 0.15) is 59.4 Å². The number of fused-ring (bicyclic) bond motifs is 2. The van der Waals surface area contributed by atoms with Gasteiger partial charge in [-0.05, 0) is 62.1 Å². The first-order chi connectivity index (χ1) is 16.4. The van der Waals surface area contributed by atoms with Gasteiger partial charge in [0.1, 0.15) is 17.7 Å². The number of nitriles is 1. The second kappa shape index (κ2) is 9.56. The number of carbonyl (C=O) groups is 2. The molecule has 0 spiro atoms. The molecule has 2 bridgehead atoms. The van der Waals surface area contributed by atoms with Gasteiger partial charge in [0.2, 0.25) is 5.75 Å². The maximum absolute atomic E-state index is 12.6. The van der Waals surface area contributed by atoms with Crippen molar-refractivity contribution in [3.63, 3.8) is 0 Å². The first kappa shape index (κ1) is 26.0. The highest BCUT2D eigenvalue weighted by atomic mass is 16.7. The molecule has 2 aliphatic rings. The molecule has 1 N–H and O–H groups in total. The third-order valence-electron chi connectivity index (χ3n) is 8.13. The van der Waals surface area contributed by atoms with Crippen LogP contribution in [0.3, 0.4) is 0 Å². The van der Waals surface area contributed by atoms with Crippen molar-refractivity contribution in [2.75, 3.05) is 13.1 Å². The zero-order chi connectivity index (χ0) is 26.1. The zero-order valence-electron chi connectivity index (χ0n) is 20.7. The second-order valence-electron chi connectivity index (χ2n) is 9.86. The van der Waals surface area contributed by atoms with Crippen molar-refractivity contribution < 1.29 is 29.1 Å². The Morgan fingerprint density at radius 3 is 2.46 bits per heavy atom. The van der Waals surface area contributed by atoms with E-state index in [2.05, 4.69) is 20.8 Å². The third kappa shape index (κ3) is 4.55. The average Bonchev–Trinajstić information content (AvgIpc) is 3.13. The SMILES string of the molecule is CCN(CC)C(=O)C(C#N)=Cc1cc(OC(=O)OC2CC3CCC2(C)C3(C)C)c(O)c([N+](=O)[O-])c1. The molecule has 10 heteroatoms. The van der Waals surface area contributed by atoms with E-state index in [4.69, 9.17) is 9.47 Å². The van der Waals surface area contributed by atoms with E-state index < -0.39 is 34.2 Å². The predicted molar refractivity (Wildman–Crippen MR) is 126 cm³/mol. The first-order valence-electron chi connectivity index (χ1n) is 11.7. The van der Waals surface area contributed by atoms with Crippen LogP contribution < -0.4 is 4.74 Å². The van der Waals surface area contributed by atoms with Crippen LogP contribution in [0.15, 0.2) is 17.7 Å². The minimum absolute atomic E-state index is 0.00528. The quantitative estimate of drug-likeness (QED) is 0.145. The van der Waals surface area contributed by atoms with Crippen LogP contribution in [-0.2, 0) is 9.53 Å². The summed E-state index contributed by atoms with van der Waals surface area (Å²) in [5.41, 5.74) is -1.17. The smallest absolute Gasteiger partial charge is 0.499 e. The maximum atomic E-state index is 12.6. The number of amides is 1. The summed E-state index contributed by atoms with van der Waals surface area (Å²) in [4.78, 5) is 37.3. The maximum Gasteiger partial charge on any atom is 0.514 e. The molecule has 3 unspecified atom stereocenters. The number of phenolic OH excluding ortho intramolecular Hbond substituents is 1. The second-order valence-corrected chi connectivity index (χ2v) is 9.86. The molecule has 35 heavy (non-hydrogen) atoms. The number of ether oxygens (including phenoxy) is 2. The summed E-state index contributed by atoms with van der Waals surface area (Å²) in [6.07, 6.45) is 2.38. The predicted octanol–water partition coefficient (Wildman–Crippen LogP) is 4.81. The number of rotatable bonds is 7. The molecular weight excluding hydrogens is 454 g/mol. The van der Waals surface area contributed by atoms with Crippen LogP contribution in [0.4, 0.5) is 10.5 Å². The van der Waals surface area contributed by atoms with Crippen LogP contribution >= 0.6 is 0 Å². The lowest BCUT2D eigenvalue weighted by atomic mass is 9.70. The molecule has 2 saturated carbocycles. The van der Waals surface area contributed by atoms with E-state index in [1.807, 2.05) is 0 Å². The highest BCUT2D eigenvalue weighted by Crippen LogP contribution is 2.66. The minimum atomic E-state index is -1.08. The number of nitrogens with zero attached hydrogens (tertiary/aromatic N) is 3. The lowest BCUT2D eigenvalue weighted by Gasteiger charge is -2.38. The Morgan fingerprint density at radius 1 is 1.31 bits per heavy atom. The molecule has 3 rings (SSSR count). The van der Waals surface area contributed by atoms with Crippen molar-refractivity contribution in [3.05, 3.63) is 33.4 Å². The molecule has 2 aliphatic carbocycles. The van der Waals surface area contributed by atoms with Gasteiger partial charge < -0.3 is 19.5 Å². The fourth-order valence-corrected chi connectivity index (χ4v) is 5.44. The molecule has 0 saturated heterocycles. The Labute approximate surface area is 204 Å². The van der Waals surface area contributed by atoms with Gasteiger partial charge in [-0.3, -0.25) is 14.9 Å². The van der Waals surface area contributed by atoms with Gasteiger partial charge in [0.25, 0.3) is 5.91 Å². The van der Waals surface area contributed by atoms with Gasteiger partial charge >= 0.3 is 11.8 Å². The van der Waals surface area contributed by atoms with Gasteiger partial charge in [-0.15, -0.1) is 0 Å². The number of likely N-dealkylation sites (N-methyl/N-ethyl adjacent to an activating group) is 1. The van der Waals surface area contributed by atoms with Crippen molar-refractivity contribution in [3.8, 4) is 17.6 Å². The molecule has 0 aromatic heterocycles. The number of phenols is 1. The molecular formula is C25H31N3O7. The van der Waals surface area contributed by atoms with E-state index in [-0.39, 0.29) is 28.1 Å². The highest BCUT2D eigenvalue weighted by molar-refractivity contribution is 6.01. The number of nitro groups is 1. The average molecular weight is 486 g/mol. The Bertz CT molecular complexity index is 1120. The summed E-state index contributed by atoms with van der Waals surface area (Å²) in [5, 5.41) is 31.3. The summed E-state index contributed by atoms with van der Waals surface area (Å²) < 4.78 is 10.8. The fraction of sp³-hybridized carbons (Fsp3) is 0.560. The van der Waals surface area contributed by atoms with Crippen molar-refractivity contribution in [2.45, 2.75) is 60.0 Å². The summed E-state index contributed by atoms with van der Waals surface area (Å²) >= 11 is 0. The van der Waals surface area contributed by atoms with E-state index in [0.29, 0.717) is 25.4 Å². The van der Waals surface area contributed by atoms with Crippen molar-refractivity contribution >= 4 is 23.8 Å². The topological polar surface area (TPSA) is 143 Å². The van der Waals surface area contributed by atoms with E-state index in [9.17, 15) is 30.1 Å². The Kier molecular flexibility index (Phi) is 7.11. The minimum Gasteiger partial charge on any atom is -0.499 e. The monoisotopic (exact) mass is 485 g/mol. The van der Waals surface area contributed by atoms with Gasteiger partial charge in [0.05, 0.1) is 4.92 Å². The zero-order valence-corrected chi connectivity index (χ0v) is 20.7. The fourth-order valence-electron chi connectivity index (χ4n) is 5.44. The molecule has 0 aliphatic heterocycles. The van der Waals surface area contributed by atoms with Gasteiger partial charge in [-0.25, -0.2) is 4.79 Å². The number of carbonyl (C=O) groups excluding carboxylic acids is 2. The van der Waals surface area contributed by atoms with Gasteiger partial charge in [-0.1, -0.05) is 20.8 Å². The van der Waals surface area contributed by atoms with E-state index in [1.165, 1.54) is 4.90 Å². The molecule has 0 radical (unpaired) electrons. The summed E-state index contributed by atoms with van der Waals surface area (Å²) in [5.74, 6) is -1.46. The highest BCUT2D eigenvalue weighted by Gasteiger charge is 2.63.